The number of hydrogen-bond donors (Lipinski definition) is 0. The summed E-state index contributed by atoms with van der Waals surface area (Å²) in [5.74, 6) is 1.57. The Morgan fingerprint density at radius 1 is 1.29 bits per heavy atom. The van der Waals surface area contributed by atoms with Gasteiger partial charge in [-0.05, 0) is 68.7 Å². The number of likely N-dealkylation sites (tertiary alicyclic amines) is 1. The second-order valence-corrected chi connectivity index (χ2v) is 8.72. The van der Waals surface area contributed by atoms with E-state index in [0.29, 0.717) is 12.5 Å². The summed E-state index contributed by atoms with van der Waals surface area (Å²) in [7, 11) is 1.72. The second-order valence-electron chi connectivity index (χ2n) is 8.72. The molecule has 2 heterocycles. The van der Waals surface area contributed by atoms with Crippen LogP contribution < -0.4 is 4.74 Å². The molecule has 0 N–H and O–H groups in total. The maximum atomic E-state index is 12.3. The summed E-state index contributed by atoms with van der Waals surface area (Å²) in [4.78, 5) is 14.1. The fourth-order valence-corrected chi connectivity index (χ4v) is 3.83. The van der Waals surface area contributed by atoms with Gasteiger partial charge in [0.2, 0.25) is 0 Å². The highest BCUT2D eigenvalue weighted by Gasteiger charge is 2.27. The molecule has 2 aliphatic heterocycles. The molecular weight excluding hydrogens is 354 g/mol. The third kappa shape index (κ3) is 5.51. The van der Waals surface area contributed by atoms with Gasteiger partial charge in [0.25, 0.3) is 0 Å². The molecule has 0 saturated carbocycles. The number of hydrogen-bond acceptors (Lipinski definition) is 4. The molecule has 28 heavy (non-hydrogen) atoms. The fourth-order valence-electron chi connectivity index (χ4n) is 3.83. The summed E-state index contributed by atoms with van der Waals surface area (Å²) in [5, 5.41) is 0. The highest BCUT2D eigenvalue weighted by molar-refractivity contribution is 5.69. The van der Waals surface area contributed by atoms with Crippen LogP contribution in [0.4, 0.5) is 4.79 Å². The summed E-state index contributed by atoms with van der Waals surface area (Å²) >= 11 is 0. The van der Waals surface area contributed by atoms with E-state index in [4.69, 9.17) is 14.2 Å². The smallest absolute Gasteiger partial charge is 0.410 e. The lowest BCUT2D eigenvalue weighted by Crippen LogP contribution is -2.41. The topological polar surface area (TPSA) is 48.0 Å². The van der Waals surface area contributed by atoms with Gasteiger partial charge in [0.05, 0.1) is 13.2 Å². The quantitative estimate of drug-likeness (QED) is 0.735. The number of amides is 1. The number of piperidine rings is 1. The summed E-state index contributed by atoms with van der Waals surface area (Å²) in [6.07, 6.45) is 5.95. The van der Waals surface area contributed by atoms with Crippen LogP contribution in [0.15, 0.2) is 24.3 Å². The zero-order valence-electron chi connectivity index (χ0n) is 17.6. The first-order valence-corrected chi connectivity index (χ1v) is 10.3. The second kappa shape index (κ2) is 8.99. The molecule has 5 heteroatoms. The molecule has 1 aromatic rings. The Morgan fingerprint density at radius 3 is 2.71 bits per heavy atom. The van der Waals surface area contributed by atoms with Gasteiger partial charge in [0.1, 0.15) is 11.4 Å². The maximum absolute atomic E-state index is 12.3. The SMILES string of the molecule is COCC=C(CC1CCN(C(=O)OC(C)(C)C)CC1)c1ccc2c(c1)OCC2. The summed E-state index contributed by atoms with van der Waals surface area (Å²) in [6, 6.07) is 6.55. The van der Waals surface area contributed by atoms with E-state index in [1.54, 1.807) is 7.11 Å². The number of benzene rings is 1. The van der Waals surface area contributed by atoms with Crippen molar-refractivity contribution in [3.63, 3.8) is 0 Å². The zero-order chi connectivity index (χ0) is 20.1. The van der Waals surface area contributed by atoms with Gasteiger partial charge >= 0.3 is 6.09 Å². The van der Waals surface area contributed by atoms with Crippen molar-refractivity contribution in [3.8, 4) is 5.75 Å². The van der Waals surface area contributed by atoms with Gasteiger partial charge in [0.15, 0.2) is 0 Å². The first-order chi connectivity index (χ1) is 13.4. The van der Waals surface area contributed by atoms with Crippen molar-refractivity contribution in [2.75, 3.05) is 33.4 Å². The van der Waals surface area contributed by atoms with Gasteiger partial charge in [-0.25, -0.2) is 4.79 Å². The minimum Gasteiger partial charge on any atom is -0.493 e. The first kappa shape index (κ1) is 20.7. The van der Waals surface area contributed by atoms with Gasteiger partial charge in [0, 0.05) is 26.6 Å². The van der Waals surface area contributed by atoms with Crippen molar-refractivity contribution in [1.82, 2.24) is 4.90 Å². The fraction of sp³-hybridized carbons (Fsp3) is 0.609. The summed E-state index contributed by atoms with van der Waals surface area (Å²) in [6.45, 7) is 8.61. The monoisotopic (exact) mass is 387 g/mol. The molecule has 3 rings (SSSR count). The van der Waals surface area contributed by atoms with Crippen molar-refractivity contribution in [2.24, 2.45) is 5.92 Å². The van der Waals surface area contributed by atoms with Crippen molar-refractivity contribution in [3.05, 3.63) is 35.4 Å². The number of allylic oxidation sites excluding steroid dienone is 1. The Bertz CT molecular complexity index is 712. The third-order valence-corrected chi connectivity index (χ3v) is 5.34. The molecule has 0 atom stereocenters. The van der Waals surface area contributed by atoms with E-state index in [-0.39, 0.29) is 6.09 Å². The van der Waals surface area contributed by atoms with E-state index in [2.05, 4.69) is 24.3 Å². The Hall–Kier alpha value is -2.01. The maximum Gasteiger partial charge on any atom is 0.410 e. The average molecular weight is 388 g/mol. The van der Waals surface area contributed by atoms with Crippen molar-refractivity contribution >= 4 is 11.7 Å². The number of carbonyl (C=O) groups excluding carboxylic acids is 1. The lowest BCUT2D eigenvalue weighted by atomic mass is 9.87. The molecule has 0 aromatic heterocycles. The highest BCUT2D eigenvalue weighted by atomic mass is 16.6. The van der Waals surface area contributed by atoms with E-state index >= 15 is 0 Å². The number of ether oxygens (including phenoxy) is 3. The molecule has 0 radical (unpaired) electrons. The van der Waals surface area contributed by atoms with Crippen LogP contribution in [0.5, 0.6) is 5.75 Å². The van der Waals surface area contributed by atoms with Crippen molar-refractivity contribution in [1.29, 1.82) is 0 Å². The van der Waals surface area contributed by atoms with E-state index in [0.717, 1.165) is 51.1 Å². The number of methoxy groups -OCH3 is 1. The molecule has 2 aliphatic rings. The van der Waals surface area contributed by atoms with Crippen LogP contribution in [0, 0.1) is 5.92 Å². The van der Waals surface area contributed by atoms with Gasteiger partial charge in [-0.1, -0.05) is 18.2 Å². The van der Waals surface area contributed by atoms with E-state index in [1.807, 2.05) is 25.7 Å². The molecule has 1 fully saturated rings. The summed E-state index contributed by atoms with van der Waals surface area (Å²) < 4.78 is 16.5. The standard InChI is InChI=1S/C23H33NO4/c1-23(2,3)28-22(25)24-11-7-17(8-12-24)15-20(9-13-26-4)19-6-5-18-10-14-27-21(18)16-19/h5-6,9,16-17H,7-8,10-15H2,1-4H3. The minimum atomic E-state index is -0.445. The van der Waals surface area contributed by atoms with Crippen molar-refractivity contribution in [2.45, 2.75) is 52.1 Å². The van der Waals surface area contributed by atoms with Crippen LogP contribution in [0.1, 0.15) is 51.2 Å². The molecular formula is C23H33NO4. The molecule has 1 aromatic carbocycles. The van der Waals surface area contributed by atoms with E-state index < -0.39 is 5.60 Å². The van der Waals surface area contributed by atoms with Gasteiger partial charge < -0.3 is 19.1 Å². The summed E-state index contributed by atoms with van der Waals surface area (Å²) in [5.41, 5.74) is 3.36. The minimum absolute atomic E-state index is 0.197. The third-order valence-electron chi connectivity index (χ3n) is 5.34. The molecule has 0 unspecified atom stereocenters. The molecule has 5 nitrogen and oxygen atoms in total. The molecule has 154 valence electrons. The predicted octanol–water partition coefficient (Wildman–Crippen LogP) is 4.69. The Morgan fingerprint density at radius 2 is 2.04 bits per heavy atom. The van der Waals surface area contributed by atoms with E-state index in [1.165, 1.54) is 16.7 Å². The molecule has 0 bridgehead atoms. The molecule has 0 spiro atoms. The van der Waals surface area contributed by atoms with Gasteiger partial charge in [-0.3, -0.25) is 0 Å². The number of carbonyl (C=O) groups is 1. The molecule has 0 aliphatic carbocycles. The number of rotatable bonds is 5. The predicted molar refractivity (Wildman–Crippen MR) is 111 cm³/mol. The zero-order valence-corrected chi connectivity index (χ0v) is 17.6. The van der Waals surface area contributed by atoms with E-state index in [9.17, 15) is 4.79 Å². The van der Waals surface area contributed by atoms with Gasteiger partial charge in [-0.2, -0.15) is 0 Å². The Balaban J connectivity index is 1.61. The Labute approximate surface area is 168 Å². The average Bonchev–Trinajstić information content (AvgIpc) is 3.12. The lowest BCUT2D eigenvalue weighted by molar-refractivity contribution is 0.0186. The number of fused-ring (bicyclic) bond motifs is 1. The van der Waals surface area contributed by atoms with Crippen molar-refractivity contribution < 1.29 is 19.0 Å². The highest BCUT2D eigenvalue weighted by Crippen LogP contribution is 2.34. The largest absolute Gasteiger partial charge is 0.493 e. The van der Waals surface area contributed by atoms with Crippen LogP contribution in [-0.4, -0.2) is 50.0 Å². The van der Waals surface area contributed by atoms with Crippen LogP contribution in [0.3, 0.4) is 0 Å². The first-order valence-electron chi connectivity index (χ1n) is 10.3. The van der Waals surface area contributed by atoms with Crippen LogP contribution >= 0.6 is 0 Å². The normalized spacial score (nSPS) is 18.0. The lowest BCUT2D eigenvalue weighted by Gasteiger charge is -2.33. The number of nitrogens with zero attached hydrogens (tertiary/aromatic N) is 1. The molecule has 1 saturated heterocycles. The van der Waals surface area contributed by atoms with Crippen LogP contribution in [0.2, 0.25) is 0 Å². The van der Waals surface area contributed by atoms with Gasteiger partial charge in [-0.15, -0.1) is 0 Å². The Kier molecular flexibility index (Phi) is 6.65. The van der Waals surface area contributed by atoms with Crippen LogP contribution in [0.25, 0.3) is 5.57 Å². The molecule has 1 amide bonds. The van der Waals surface area contributed by atoms with Crippen LogP contribution in [-0.2, 0) is 15.9 Å².